The molecule has 1 unspecified atom stereocenters. The van der Waals surface area contributed by atoms with Crippen LogP contribution in [0.15, 0.2) is 0 Å². The van der Waals surface area contributed by atoms with Crippen LogP contribution in [-0.4, -0.2) is 31.0 Å². The van der Waals surface area contributed by atoms with Gasteiger partial charge >= 0.3 is 0 Å². The molecule has 5 atom stereocenters. The van der Waals surface area contributed by atoms with Gasteiger partial charge in [0.05, 0.1) is 6.61 Å². The molecule has 0 aromatic rings. The Morgan fingerprint density at radius 3 is 3.07 bits per heavy atom. The highest BCUT2D eigenvalue weighted by molar-refractivity contribution is 7.44. The molecule has 2 saturated heterocycles. The van der Waals surface area contributed by atoms with Gasteiger partial charge in [0.2, 0.25) is 0 Å². The number of hydrogen-bond acceptors (Lipinski definition) is 3. The molecular weight excluding hydrogens is 197 g/mol. The lowest BCUT2D eigenvalue weighted by atomic mass is 9.80. The summed E-state index contributed by atoms with van der Waals surface area (Å²) in [5.41, 5.74) is 0. The second kappa shape index (κ2) is 3.71. The van der Waals surface area contributed by atoms with E-state index >= 15 is 0 Å². The van der Waals surface area contributed by atoms with Gasteiger partial charge in [-0.05, 0) is 18.8 Å². The quantitative estimate of drug-likeness (QED) is 0.627. The zero-order valence-corrected chi connectivity index (χ0v) is 9.58. The lowest BCUT2D eigenvalue weighted by molar-refractivity contribution is 0.171. The molecule has 3 aliphatic rings. The Morgan fingerprint density at radius 2 is 2.21 bits per heavy atom. The van der Waals surface area contributed by atoms with Crippen molar-refractivity contribution < 1.29 is 9.05 Å². The first kappa shape index (κ1) is 9.53. The van der Waals surface area contributed by atoms with E-state index in [0.717, 1.165) is 24.5 Å². The van der Waals surface area contributed by atoms with Gasteiger partial charge in [0.1, 0.15) is 0 Å². The number of rotatable bonds is 1. The smallest absolute Gasteiger partial charge is 0.258 e. The fourth-order valence-corrected chi connectivity index (χ4v) is 4.98. The van der Waals surface area contributed by atoms with Crippen LogP contribution in [0.2, 0.25) is 0 Å². The van der Waals surface area contributed by atoms with E-state index in [0.29, 0.717) is 0 Å². The Labute approximate surface area is 86.7 Å². The van der Waals surface area contributed by atoms with Gasteiger partial charge in [-0.15, -0.1) is 0 Å². The Kier molecular flexibility index (Phi) is 2.53. The van der Waals surface area contributed by atoms with Crippen LogP contribution in [0.25, 0.3) is 0 Å². The minimum Gasteiger partial charge on any atom is -0.325 e. The van der Waals surface area contributed by atoms with Gasteiger partial charge in [0.15, 0.2) is 0 Å². The van der Waals surface area contributed by atoms with Gasteiger partial charge in [0, 0.05) is 25.6 Å². The van der Waals surface area contributed by atoms with Crippen molar-refractivity contribution in [2.75, 3.05) is 20.3 Å². The summed E-state index contributed by atoms with van der Waals surface area (Å²) in [6.07, 6.45) is 5.61. The monoisotopic (exact) mass is 215 g/mol. The number of hydrogen-bond donors (Lipinski definition) is 0. The summed E-state index contributed by atoms with van der Waals surface area (Å²) >= 11 is 0. The zero-order chi connectivity index (χ0) is 9.54. The topological polar surface area (TPSA) is 21.7 Å². The van der Waals surface area contributed by atoms with E-state index in [4.69, 9.17) is 9.05 Å². The van der Waals surface area contributed by atoms with E-state index in [1.54, 1.807) is 7.11 Å². The van der Waals surface area contributed by atoms with Crippen LogP contribution >= 0.6 is 8.53 Å². The summed E-state index contributed by atoms with van der Waals surface area (Å²) in [6.45, 7) is 2.17. The molecule has 3 nitrogen and oxygen atoms in total. The van der Waals surface area contributed by atoms with Gasteiger partial charge < -0.3 is 9.05 Å². The first-order valence-corrected chi connectivity index (χ1v) is 6.77. The lowest BCUT2D eigenvalue weighted by Crippen LogP contribution is -2.31. The van der Waals surface area contributed by atoms with Crippen molar-refractivity contribution in [2.45, 2.75) is 31.7 Å². The predicted octanol–water partition coefficient (Wildman–Crippen LogP) is 2.38. The maximum absolute atomic E-state index is 5.77. The van der Waals surface area contributed by atoms with Crippen molar-refractivity contribution in [1.29, 1.82) is 0 Å². The SMILES string of the molecule is CO[P@@]1OC[C@@H]2CN1[C@H]1CCCC[C@@H]21. The van der Waals surface area contributed by atoms with E-state index in [1.165, 1.54) is 32.2 Å². The first-order valence-electron chi connectivity index (χ1n) is 5.64. The fraction of sp³-hybridized carbons (Fsp3) is 1.00. The number of nitrogens with zero attached hydrogens (tertiary/aromatic N) is 1. The molecule has 0 amide bonds. The summed E-state index contributed by atoms with van der Waals surface area (Å²) in [6, 6.07) is 0.780. The molecule has 0 spiro atoms. The minimum atomic E-state index is -0.702. The van der Waals surface area contributed by atoms with Crippen molar-refractivity contribution in [3.05, 3.63) is 0 Å². The average molecular weight is 215 g/mol. The molecule has 0 aromatic carbocycles. The van der Waals surface area contributed by atoms with Gasteiger partial charge in [0.25, 0.3) is 8.53 Å². The third kappa shape index (κ3) is 1.34. The lowest BCUT2D eigenvalue weighted by Gasteiger charge is -2.33. The summed E-state index contributed by atoms with van der Waals surface area (Å²) in [7, 11) is 1.08. The zero-order valence-electron chi connectivity index (χ0n) is 8.69. The van der Waals surface area contributed by atoms with Crippen molar-refractivity contribution in [3.8, 4) is 0 Å². The molecule has 14 heavy (non-hydrogen) atoms. The van der Waals surface area contributed by atoms with E-state index in [9.17, 15) is 0 Å². The normalized spacial score (nSPS) is 51.6. The Balaban J connectivity index is 1.81. The van der Waals surface area contributed by atoms with Crippen molar-refractivity contribution in [2.24, 2.45) is 11.8 Å². The van der Waals surface area contributed by atoms with E-state index in [2.05, 4.69) is 4.67 Å². The Bertz CT molecular complexity index is 226. The molecule has 4 heteroatoms. The third-order valence-electron chi connectivity index (χ3n) is 3.96. The Hall–Kier alpha value is 0.310. The molecular formula is C10H18NO2P. The highest BCUT2D eigenvalue weighted by Crippen LogP contribution is 2.57. The molecule has 2 heterocycles. The fourth-order valence-electron chi connectivity index (χ4n) is 3.33. The van der Waals surface area contributed by atoms with Crippen LogP contribution in [0.4, 0.5) is 0 Å². The van der Waals surface area contributed by atoms with Crippen molar-refractivity contribution >= 4 is 8.53 Å². The van der Waals surface area contributed by atoms with E-state index < -0.39 is 8.53 Å². The molecule has 1 saturated carbocycles. The van der Waals surface area contributed by atoms with E-state index in [1.807, 2.05) is 0 Å². The van der Waals surface area contributed by atoms with Crippen LogP contribution in [-0.2, 0) is 9.05 Å². The van der Waals surface area contributed by atoms with Gasteiger partial charge in [-0.3, -0.25) is 0 Å². The Morgan fingerprint density at radius 1 is 1.36 bits per heavy atom. The second-order valence-electron chi connectivity index (χ2n) is 4.61. The number of fused-ring (bicyclic) bond motifs is 5. The predicted molar refractivity (Wildman–Crippen MR) is 55.8 cm³/mol. The minimum absolute atomic E-state index is 0.702. The standard InChI is InChI=1S/C10H18NO2P/c1-12-14-11-6-8(7-13-14)9-4-2-3-5-10(9)11/h8-10H,2-7H2,1H3/t8-,9-,10-,14-/m0/s1. The van der Waals surface area contributed by atoms with Gasteiger partial charge in [-0.1, -0.05) is 12.8 Å². The molecule has 0 N–H and O–H groups in total. The van der Waals surface area contributed by atoms with Crippen molar-refractivity contribution in [1.82, 2.24) is 4.67 Å². The summed E-state index contributed by atoms with van der Waals surface area (Å²) < 4.78 is 13.7. The maximum Gasteiger partial charge on any atom is 0.258 e. The van der Waals surface area contributed by atoms with E-state index in [-0.39, 0.29) is 0 Å². The molecule has 3 rings (SSSR count). The summed E-state index contributed by atoms with van der Waals surface area (Å²) in [5.74, 6) is 1.71. The molecule has 80 valence electrons. The highest BCUT2D eigenvalue weighted by Gasteiger charge is 2.49. The molecule has 0 aromatic heterocycles. The molecule has 0 radical (unpaired) electrons. The maximum atomic E-state index is 5.77. The molecule has 2 aliphatic heterocycles. The summed E-state index contributed by atoms with van der Waals surface area (Å²) in [4.78, 5) is 0. The second-order valence-corrected chi connectivity index (χ2v) is 6.23. The first-order chi connectivity index (χ1) is 6.90. The third-order valence-corrected chi connectivity index (χ3v) is 5.52. The van der Waals surface area contributed by atoms with Crippen molar-refractivity contribution in [3.63, 3.8) is 0 Å². The molecule has 1 aliphatic carbocycles. The van der Waals surface area contributed by atoms with Crippen LogP contribution in [0, 0.1) is 11.8 Å². The van der Waals surface area contributed by atoms with Gasteiger partial charge in [-0.25, -0.2) is 4.67 Å². The van der Waals surface area contributed by atoms with Crippen LogP contribution in [0.3, 0.4) is 0 Å². The average Bonchev–Trinajstić information content (AvgIpc) is 2.55. The van der Waals surface area contributed by atoms with Crippen LogP contribution in [0.1, 0.15) is 25.7 Å². The van der Waals surface area contributed by atoms with Crippen LogP contribution < -0.4 is 0 Å². The molecule has 3 fully saturated rings. The van der Waals surface area contributed by atoms with Gasteiger partial charge in [-0.2, -0.15) is 0 Å². The van der Waals surface area contributed by atoms with Crippen LogP contribution in [0.5, 0.6) is 0 Å². The summed E-state index contributed by atoms with van der Waals surface area (Å²) in [5, 5.41) is 0. The largest absolute Gasteiger partial charge is 0.325 e. The molecule has 2 bridgehead atoms. The highest BCUT2D eigenvalue weighted by atomic mass is 31.2.